The smallest absolute Gasteiger partial charge is 0.237 e. The Hall–Kier alpha value is -0.660. The molecule has 2 aliphatic carbocycles. The Morgan fingerprint density at radius 2 is 1.77 bits per heavy atom. The first-order valence-electron chi connectivity index (χ1n) is 8.35. The first-order valence-corrected chi connectivity index (χ1v) is 10.0. The summed E-state index contributed by atoms with van der Waals surface area (Å²) in [4.78, 5) is 12.1. The van der Waals surface area contributed by atoms with E-state index in [0.717, 1.165) is 51.4 Å². The molecule has 22 heavy (non-hydrogen) atoms. The van der Waals surface area contributed by atoms with E-state index in [1.807, 2.05) is 0 Å². The van der Waals surface area contributed by atoms with Crippen molar-refractivity contribution in [1.82, 2.24) is 10.0 Å². The van der Waals surface area contributed by atoms with E-state index in [2.05, 4.69) is 17.0 Å². The second kappa shape index (κ2) is 7.27. The zero-order chi connectivity index (χ0) is 16.2. The molecule has 0 saturated heterocycles. The minimum Gasteiger partial charge on any atom is -0.348 e. The van der Waals surface area contributed by atoms with Gasteiger partial charge in [-0.1, -0.05) is 19.8 Å². The van der Waals surface area contributed by atoms with Gasteiger partial charge in [-0.15, -0.1) is 0 Å². The van der Waals surface area contributed by atoms with Crippen molar-refractivity contribution in [2.24, 2.45) is 11.7 Å². The van der Waals surface area contributed by atoms with Crippen LogP contribution in [0.1, 0.15) is 58.3 Å². The number of nitrogens with one attached hydrogen (secondary N) is 2. The van der Waals surface area contributed by atoms with Crippen LogP contribution in [0.2, 0.25) is 0 Å². The second-order valence-electron chi connectivity index (χ2n) is 7.07. The summed E-state index contributed by atoms with van der Waals surface area (Å²) in [5, 5.41) is 2.86. The van der Waals surface area contributed by atoms with Crippen molar-refractivity contribution in [2.75, 3.05) is 12.3 Å². The molecule has 4 N–H and O–H groups in total. The molecule has 0 aromatic carbocycles. The Labute approximate surface area is 133 Å². The molecule has 2 aliphatic rings. The second-order valence-corrected chi connectivity index (χ2v) is 8.83. The van der Waals surface area contributed by atoms with Gasteiger partial charge in [0.1, 0.15) is 5.75 Å². The molecule has 0 radical (unpaired) electrons. The predicted molar refractivity (Wildman–Crippen MR) is 86.7 cm³/mol. The Morgan fingerprint density at radius 3 is 2.32 bits per heavy atom. The molecule has 2 rings (SSSR count). The molecule has 2 fully saturated rings. The van der Waals surface area contributed by atoms with Crippen LogP contribution in [0.4, 0.5) is 0 Å². The maximum absolute atomic E-state index is 12.2. The largest absolute Gasteiger partial charge is 0.348 e. The Morgan fingerprint density at radius 1 is 1.18 bits per heavy atom. The summed E-state index contributed by atoms with van der Waals surface area (Å²) < 4.78 is 27.0. The predicted octanol–water partition coefficient (Wildman–Crippen LogP) is 0.872. The van der Waals surface area contributed by atoms with Crippen LogP contribution in [0, 0.1) is 5.92 Å². The first-order chi connectivity index (χ1) is 10.3. The topological polar surface area (TPSA) is 101 Å². The summed E-state index contributed by atoms with van der Waals surface area (Å²) in [6.45, 7) is 2.55. The SMILES string of the molecule is CC1CCC(NS(=O)(=O)CC(=O)NC2(CN)CCCC2)CC1. The van der Waals surface area contributed by atoms with E-state index < -0.39 is 27.2 Å². The molecule has 0 aliphatic heterocycles. The summed E-state index contributed by atoms with van der Waals surface area (Å²) in [5.41, 5.74) is 5.37. The van der Waals surface area contributed by atoms with Gasteiger partial charge in [-0.05, 0) is 44.4 Å². The van der Waals surface area contributed by atoms with E-state index in [9.17, 15) is 13.2 Å². The van der Waals surface area contributed by atoms with Crippen molar-refractivity contribution in [3.63, 3.8) is 0 Å². The zero-order valence-electron chi connectivity index (χ0n) is 13.4. The molecule has 0 unspecified atom stereocenters. The molecule has 0 spiro atoms. The lowest BCUT2D eigenvalue weighted by Crippen LogP contribution is -2.54. The van der Waals surface area contributed by atoms with Gasteiger partial charge < -0.3 is 11.1 Å². The summed E-state index contributed by atoms with van der Waals surface area (Å²) in [7, 11) is -3.58. The van der Waals surface area contributed by atoms with Gasteiger partial charge in [0.25, 0.3) is 0 Å². The third-order valence-electron chi connectivity index (χ3n) is 5.04. The van der Waals surface area contributed by atoms with Gasteiger partial charge in [0.05, 0.1) is 5.54 Å². The van der Waals surface area contributed by atoms with Crippen molar-refractivity contribution in [2.45, 2.75) is 69.9 Å². The highest BCUT2D eigenvalue weighted by molar-refractivity contribution is 7.90. The molecule has 1 amide bonds. The van der Waals surface area contributed by atoms with Gasteiger partial charge in [-0.3, -0.25) is 4.79 Å². The molecule has 6 nitrogen and oxygen atoms in total. The standard InChI is InChI=1S/C15H29N3O3S/c1-12-4-6-13(7-5-12)18-22(20,21)10-14(19)17-15(11-16)8-2-3-9-15/h12-13,18H,2-11,16H2,1H3,(H,17,19). The van der Waals surface area contributed by atoms with Gasteiger partial charge in [0.15, 0.2) is 0 Å². The van der Waals surface area contributed by atoms with E-state index in [1.165, 1.54) is 0 Å². The lowest BCUT2D eigenvalue weighted by atomic mass is 9.88. The fraction of sp³-hybridized carbons (Fsp3) is 0.933. The van der Waals surface area contributed by atoms with Crippen LogP contribution in [0.3, 0.4) is 0 Å². The minimum absolute atomic E-state index is 0.0241. The van der Waals surface area contributed by atoms with Crippen molar-refractivity contribution in [3.8, 4) is 0 Å². The van der Waals surface area contributed by atoms with Gasteiger partial charge in [-0.2, -0.15) is 0 Å². The fourth-order valence-electron chi connectivity index (χ4n) is 3.61. The van der Waals surface area contributed by atoms with E-state index in [0.29, 0.717) is 12.5 Å². The minimum atomic E-state index is -3.58. The average Bonchev–Trinajstić information content (AvgIpc) is 2.89. The maximum atomic E-state index is 12.2. The molecule has 0 bridgehead atoms. The Kier molecular flexibility index (Phi) is 5.85. The van der Waals surface area contributed by atoms with Crippen LogP contribution < -0.4 is 15.8 Å². The van der Waals surface area contributed by atoms with Crippen molar-refractivity contribution >= 4 is 15.9 Å². The molecule has 0 aromatic heterocycles. The molecule has 0 aromatic rings. The van der Waals surface area contributed by atoms with E-state index in [1.54, 1.807) is 0 Å². The summed E-state index contributed by atoms with van der Waals surface area (Å²) in [5.74, 6) is -0.277. The van der Waals surface area contributed by atoms with E-state index in [4.69, 9.17) is 5.73 Å². The van der Waals surface area contributed by atoms with Gasteiger partial charge in [0.2, 0.25) is 15.9 Å². The molecule has 0 atom stereocenters. The quantitative estimate of drug-likeness (QED) is 0.672. The van der Waals surface area contributed by atoms with Crippen LogP contribution in [-0.2, 0) is 14.8 Å². The monoisotopic (exact) mass is 331 g/mol. The number of amides is 1. The normalized spacial score (nSPS) is 28.5. The van der Waals surface area contributed by atoms with Crippen molar-refractivity contribution < 1.29 is 13.2 Å². The number of hydrogen-bond donors (Lipinski definition) is 3. The lowest BCUT2D eigenvalue weighted by molar-refractivity contribution is -0.120. The van der Waals surface area contributed by atoms with Gasteiger partial charge in [-0.25, -0.2) is 13.1 Å². The van der Waals surface area contributed by atoms with Crippen molar-refractivity contribution in [3.05, 3.63) is 0 Å². The summed E-state index contributed by atoms with van der Waals surface area (Å²) in [6.07, 6.45) is 7.52. The van der Waals surface area contributed by atoms with Crippen LogP contribution in [0.15, 0.2) is 0 Å². The maximum Gasteiger partial charge on any atom is 0.237 e. The van der Waals surface area contributed by atoms with E-state index >= 15 is 0 Å². The third kappa shape index (κ3) is 4.93. The molecule has 7 heteroatoms. The highest BCUT2D eigenvalue weighted by atomic mass is 32.2. The number of sulfonamides is 1. The summed E-state index contributed by atoms with van der Waals surface area (Å²) >= 11 is 0. The van der Waals surface area contributed by atoms with Gasteiger partial charge >= 0.3 is 0 Å². The third-order valence-corrected chi connectivity index (χ3v) is 6.37. The first kappa shape index (κ1) is 17.7. The molecule has 128 valence electrons. The van der Waals surface area contributed by atoms with Crippen LogP contribution in [0.25, 0.3) is 0 Å². The number of carbonyl (C=O) groups excluding carboxylic acids is 1. The number of nitrogens with two attached hydrogens (primary N) is 1. The zero-order valence-corrected chi connectivity index (χ0v) is 14.3. The van der Waals surface area contributed by atoms with Crippen LogP contribution >= 0.6 is 0 Å². The van der Waals surface area contributed by atoms with Crippen LogP contribution in [0.5, 0.6) is 0 Å². The fourth-order valence-corrected chi connectivity index (χ4v) is 4.85. The molecule has 0 heterocycles. The lowest BCUT2D eigenvalue weighted by Gasteiger charge is -2.29. The Bertz CT molecular complexity index is 478. The highest BCUT2D eigenvalue weighted by Gasteiger charge is 2.35. The molecular formula is C15H29N3O3S. The Balaban J connectivity index is 1.84. The van der Waals surface area contributed by atoms with Crippen LogP contribution in [-0.4, -0.2) is 38.2 Å². The van der Waals surface area contributed by atoms with E-state index in [-0.39, 0.29) is 6.04 Å². The molecular weight excluding hydrogens is 302 g/mol. The number of carbonyl (C=O) groups is 1. The van der Waals surface area contributed by atoms with Gasteiger partial charge in [0, 0.05) is 12.6 Å². The number of hydrogen-bond acceptors (Lipinski definition) is 4. The highest BCUT2D eigenvalue weighted by Crippen LogP contribution is 2.28. The summed E-state index contributed by atoms with van der Waals surface area (Å²) in [6, 6.07) is -0.0241. The number of rotatable bonds is 6. The molecule has 2 saturated carbocycles. The average molecular weight is 331 g/mol. The van der Waals surface area contributed by atoms with Crippen molar-refractivity contribution in [1.29, 1.82) is 0 Å².